The van der Waals surface area contributed by atoms with Crippen molar-refractivity contribution in [3.05, 3.63) is 65.0 Å². The molecule has 2 aromatic rings. The fraction of sp³-hybridized carbons (Fsp3) is 0.500. The summed E-state index contributed by atoms with van der Waals surface area (Å²) in [5.41, 5.74) is -3.80. The maximum Gasteiger partial charge on any atom is 0.426 e. The van der Waals surface area contributed by atoms with Gasteiger partial charge in [-0.05, 0) is 67.1 Å². The zero-order chi connectivity index (χ0) is 30.0. The van der Waals surface area contributed by atoms with Gasteiger partial charge in [-0.3, -0.25) is 4.79 Å². The first kappa shape index (κ1) is 29.3. The van der Waals surface area contributed by atoms with E-state index in [0.717, 1.165) is 36.4 Å². The van der Waals surface area contributed by atoms with Gasteiger partial charge in [0.25, 0.3) is 0 Å². The molecule has 0 saturated carbocycles. The molecule has 2 saturated heterocycles. The fourth-order valence-electron chi connectivity index (χ4n) is 6.43. The number of piperazine rings is 1. The number of carbonyl (C=O) groups excluding carboxylic acids is 2. The van der Waals surface area contributed by atoms with Gasteiger partial charge in [-0.25, -0.2) is 22.0 Å². The molecule has 0 aromatic heterocycles. The van der Waals surface area contributed by atoms with Crippen molar-refractivity contribution in [2.24, 2.45) is 0 Å². The summed E-state index contributed by atoms with van der Waals surface area (Å²) in [5.74, 6) is -0.755. The highest BCUT2D eigenvalue weighted by atomic mass is 32.2. The zero-order valence-electron chi connectivity index (χ0n) is 22.5. The van der Waals surface area contributed by atoms with E-state index in [9.17, 15) is 40.0 Å². The van der Waals surface area contributed by atoms with E-state index in [1.165, 1.54) is 17.9 Å². The molecule has 222 valence electrons. The average Bonchev–Trinajstić information content (AvgIpc) is 3.34. The van der Waals surface area contributed by atoms with E-state index < -0.39 is 43.9 Å². The van der Waals surface area contributed by atoms with Gasteiger partial charge in [-0.15, -0.1) is 0 Å². The summed E-state index contributed by atoms with van der Waals surface area (Å²) < 4.78 is 96.2. The molecule has 0 radical (unpaired) electrons. The number of urea groups is 1. The molecule has 13 heteroatoms. The van der Waals surface area contributed by atoms with Crippen LogP contribution in [-0.2, 0) is 31.5 Å². The van der Waals surface area contributed by atoms with Crippen molar-refractivity contribution in [2.45, 2.75) is 60.6 Å². The molecule has 2 aliphatic heterocycles. The van der Waals surface area contributed by atoms with Crippen LogP contribution in [0.2, 0.25) is 0 Å². The predicted molar refractivity (Wildman–Crippen MR) is 139 cm³/mol. The molecule has 2 fully saturated rings. The molecule has 0 spiro atoms. The highest BCUT2D eigenvalue weighted by Gasteiger charge is 2.62. The van der Waals surface area contributed by atoms with Gasteiger partial charge in [0.1, 0.15) is 10.6 Å². The third kappa shape index (κ3) is 4.56. The van der Waals surface area contributed by atoms with Crippen molar-refractivity contribution in [2.75, 3.05) is 32.7 Å². The Morgan fingerprint density at radius 3 is 2.12 bits per heavy atom. The topological polar surface area (TPSA) is 78.0 Å². The Hall–Kier alpha value is -3.22. The van der Waals surface area contributed by atoms with Gasteiger partial charge in [0.2, 0.25) is 11.6 Å². The van der Waals surface area contributed by atoms with E-state index in [0.29, 0.717) is 20.0 Å². The minimum atomic E-state index is -5.18. The summed E-state index contributed by atoms with van der Waals surface area (Å²) in [4.78, 5) is 29.9. The van der Waals surface area contributed by atoms with Crippen molar-refractivity contribution < 1.29 is 40.0 Å². The molecule has 1 aliphatic carbocycles. The number of alkyl halides is 4. The molecule has 5 rings (SSSR count). The largest absolute Gasteiger partial charge is 0.426 e. The van der Waals surface area contributed by atoms with Crippen LogP contribution in [0.4, 0.5) is 26.7 Å². The second-order valence-corrected chi connectivity index (χ2v) is 13.2. The van der Waals surface area contributed by atoms with E-state index in [1.54, 1.807) is 9.80 Å². The van der Waals surface area contributed by atoms with Crippen molar-refractivity contribution >= 4 is 21.8 Å². The van der Waals surface area contributed by atoms with Gasteiger partial charge in [0.15, 0.2) is 9.84 Å². The number of rotatable bonds is 3. The van der Waals surface area contributed by atoms with E-state index in [4.69, 9.17) is 0 Å². The molecule has 3 amide bonds. The molecular formula is C28H30F5N3O4S. The highest BCUT2D eigenvalue weighted by Crippen LogP contribution is 2.54. The molecule has 41 heavy (non-hydrogen) atoms. The molecule has 3 aliphatic rings. The van der Waals surface area contributed by atoms with Gasteiger partial charge in [-0.2, -0.15) is 13.2 Å². The molecule has 0 N–H and O–H groups in total. The Labute approximate surface area is 234 Å². The summed E-state index contributed by atoms with van der Waals surface area (Å²) in [5, 5.41) is 0. The summed E-state index contributed by atoms with van der Waals surface area (Å²) in [7, 11) is -4.33. The van der Waals surface area contributed by atoms with E-state index in [2.05, 4.69) is 0 Å². The standard InChI is InChI=1S/C28H30F5N3O4S/c1-18(37)34-13-15-35(16-14-34)25(38)36-12-11-27(41(39,40)22-7-5-21(29)6-8-22)23-9-4-20(26(2,30)28(31,32)33)17-19(23)3-10-24(27)36/h4-9,17,24H,3,10-16H2,1-2H3/t24-,26?,27-/m1/s1. The number of nitrogens with zero attached hydrogens (tertiary/aromatic N) is 3. The van der Waals surface area contributed by atoms with Gasteiger partial charge in [0, 0.05) is 39.6 Å². The van der Waals surface area contributed by atoms with Gasteiger partial charge in [-0.1, -0.05) is 18.2 Å². The Kier molecular flexibility index (Phi) is 7.11. The Balaban J connectivity index is 1.59. The number of amides is 3. The van der Waals surface area contributed by atoms with Crippen LogP contribution < -0.4 is 0 Å². The van der Waals surface area contributed by atoms with Crippen LogP contribution in [0.15, 0.2) is 47.4 Å². The fourth-order valence-corrected chi connectivity index (χ4v) is 8.80. The molecule has 2 heterocycles. The molecule has 1 unspecified atom stereocenters. The lowest BCUT2D eigenvalue weighted by Gasteiger charge is -2.44. The third-order valence-electron chi connectivity index (χ3n) is 8.81. The van der Waals surface area contributed by atoms with Gasteiger partial charge in [0.05, 0.1) is 10.9 Å². The number of hydrogen-bond donors (Lipinski definition) is 0. The van der Waals surface area contributed by atoms with Crippen LogP contribution >= 0.6 is 0 Å². The number of benzene rings is 2. The van der Waals surface area contributed by atoms with Crippen LogP contribution in [0.5, 0.6) is 0 Å². The van der Waals surface area contributed by atoms with Gasteiger partial charge < -0.3 is 14.7 Å². The van der Waals surface area contributed by atoms with Crippen molar-refractivity contribution in [1.29, 1.82) is 0 Å². The lowest BCUT2D eigenvalue weighted by atomic mass is 9.77. The molecular weight excluding hydrogens is 569 g/mol. The second kappa shape index (κ2) is 9.95. The molecule has 2 aromatic carbocycles. The van der Waals surface area contributed by atoms with Crippen LogP contribution in [0.3, 0.4) is 0 Å². The Bertz CT molecular complexity index is 1470. The SMILES string of the molecule is CC(=O)N1CCN(C(=O)N2CC[C@@]3(S(=O)(=O)c4ccc(F)cc4)c4ccc(C(C)(F)C(F)(F)F)cc4CC[C@@H]23)CC1. The van der Waals surface area contributed by atoms with Crippen LogP contribution in [0.1, 0.15) is 43.4 Å². The van der Waals surface area contributed by atoms with Gasteiger partial charge >= 0.3 is 12.2 Å². The third-order valence-corrected chi connectivity index (χ3v) is 11.4. The summed E-state index contributed by atoms with van der Waals surface area (Å²) in [6.45, 7) is 3.14. The van der Waals surface area contributed by atoms with Crippen LogP contribution in [-0.4, -0.2) is 80.0 Å². The summed E-state index contributed by atoms with van der Waals surface area (Å²) in [6.07, 6.45) is -4.98. The number of fused-ring (bicyclic) bond motifs is 3. The first-order valence-electron chi connectivity index (χ1n) is 13.3. The maximum atomic E-state index is 14.9. The normalized spacial score (nSPS) is 24.5. The van der Waals surface area contributed by atoms with Crippen molar-refractivity contribution in [3.8, 4) is 0 Å². The maximum absolute atomic E-state index is 14.9. The van der Waals surface area contributed by atoms with Crippen molar-refractivity contribution in [1.82, 2.24) is 14.7 Å². The second-order valence-electron chi connectivity index (χ2n) is 11.0. The monoisotopic (exact) mass is 599 g/mol. The number of aryl methyl sites for hydroxylation is 1. The minimum Gasteiger partial charge on any atom is -0.339 e. The number of likely N-dealkylation sites (tertiary alicyclic amines) is 1. The highest BCUT2D eigenvalue weighted by molar-refractivity contribution is 7.92. The number of hydrogen-bond acceptors (Lipinski definition) is 4. The van der Waals surface area contributed by atoms with Crippen molar-refractivity contribution in [3.63, 3.8) is 0 Å². The summed E-state index contributed by atoms with van der Waals surface area (Å²) >= 11 is 0. The lowest BCUT2D eigenvalue weighted by molar-refractivity contribution is -0.228. The average molecular weight is 600 g/mol. The van der Waals surface area contributed by atoms with E-state index in [1.807, 2.05) is 0 Å². The zero-order valence-corrected chi connectivity index (χ0v) is 23.4. The Morgan fingerprint density at radius 1 is 0.927 bits per heavy atom. The molecule has 7 nitrogen and oxygen atoms in total. The number of carbonyl (C=O) groups is 2. The molecule has 3 atom stereocenters. The van der Waals surface area contributed by atoms with Crippen LogP contribution in [0, 0.1) is 5.82 Å². The predicted octanol–water partition coefficient (Wildman–Crippen LogP) is 4.55. The lowest BCUT2D eigenvalue weighted by Crippen LogP contribution is -2.57. The quantitative estimate of drug-likeness (QED) is 0.384. The molecule has 0 bridgehead atoms. The smallest absolute Gasteiger partial charge is 0.339 e. The van der Waals surface area contributed by atoms with E-state index >= 15 is 0 Å². The number of sulfone groups is 1. The van der Waals surface area contributed by atoms with Crippen LogP contribution in [0.25, 0.3) is 0 Å². The Morgan fingerprint density at radius 2 is 1.54 bits per heavy atom. The number of halogens is 5. The minimum absolute atomic E-state index is 0.0466. The first-order valence-corrected chi connectivity index (χ1v) is 14.8. The summed E-state index contributed by atoms with van der Waals surface area (Å²) in [6, 6.07) is 6.30. The van der Waals surface area contributed by atoms with E-state index in [-0.39, 0.29) is 66.9 Å². The first-order chi connectivity index (χ1) is 19.1.